The van der Waals surface area contributed by atoms with Gasteiger partial charge in [0.15, 0.2) is 5.03 Å². The van der Waals surface area contributed by atoms with Crippen molar-refractivity contribution in [3.63, 3.8) is 0 Å². The second-order valence-corrected chi connectivity index (χ2v) is 5.96. The molecule has 0 aliphatic heterocycles. The zero-order chi connectivity index (χ0) is 14.6. The molecule has 8 nitrogen and oxygen atoms in total. The van der Waals surface area contributed by atoms with Crippen LogP contribution in [0.4, 0.5) is 0 Å². The molecule has 0 bridgehead atoms. The minimum atomic E-state index is -3.67. The number of aromatic amines is 2. The number of hydrogen-bond acceptors (Lipinski definition) is 5. The summed E-state index contributed by atoms with van der Waals surface area (Å²) in [6, 6.07) is 0. The normalized spacial score (nSPS) is 11.9. The number of H-pyrrole nitrogens is 2. The summed E-state index contributed by atoms with van der Waals surface area (Å²) in [6.07, 6.45) is 3.21. The molecule has 2 heterocycles. The van der Waals surface area contributed by atoms with E-state index < -0.39 is 10.0 Å². The van der Waals surface area contributed by atoms with E-state index in [4.69, 9.17) is 0 Å². The molecule has 0 amide bonds. The number of rotatable bonds is 7. The molecule has 0 saturated heterocycles. The van der Waals surface area contributed by atoms with Crippen molar-refractivity contribution < 1.29 is 8.42 Å². The molecular weight excluding hydrogens is 280 g/mol. The largest absolute Gasteiger partial charge is 0.347 e. The SMILES string of the molecule is CCNCc1c(S(=O)(=O)NCc2ncc[nH]2)n[nH]c1C. The van der Waals surface area contributed by atoms with Crippen LogP contribution < -0.4 is 10.0 Å². The van der Waals surface area contributed by atoms with Gasteiger partial charge in [0.2, 0.25) is 0 Å². The molecule has 0 radical (unpaired) electrons. The van der Waals surface area contributed by atoms with E-state index in [-0.39, 0.29) is 11.6 Å². The summed E-state index contributed by atoms with van der Waals surface area (Å²) < 4.78 is 27.0. The predicted octanol–water partition coefficient (Wildman–Crippen LogP) is 0.0292. The fraction of sp³-hybridized carbons (Fsp3) is 0.455. The highest BCUT2D eigenvalue weighted by Crippen LogP contribution is 2.16. The number of hydrogen-bond donors (Lipinski definition) is 4. The van der Waals surface area contributed by atoms with Crippen molar-refractivity contribution in [3.05, 3.63) is 29.5 Å². The standard InChI is InChI=1S/C11H18N6O2S/c1-3-12-6-9-8(2)16-17-11(9)20(18,19)15-7-10-13-4-5-14-10/h4-5,12,15H,3,6-7H2,1-2H3,(H,13,14)(H,16,17). The molecule has 2 aromatic heterocycles. The maximum absolute atomic E-state index is 12.3. The highest BCUT2D eigenvalue weighted by molar-refractivity contribution is 7.89. The van der Waals surface area contributed by atoms with Gasteiger partial charge in [-0.2, -0.15) is 5.10 Å². The summed E-state index contributed by atoms with van der Waals surface area (Å²) in [4.78, 5) is 6.80. The van der Waals surface area contributed by atoms with Gasteiger partial charge in [-0.25, -0.2) is 18.1 Å². The van der Waals surface area contributed by atoms with Crippen LogP contribution in [0.1, 0.15) is 24.0 Å². The van der Waals surface area contributed by atoms with Gasteiger partial charge in [0.05, 0.1) is 6.54 Å². The summed E-state index contributed by atoms with van der Waals surface area (Å²) in [5.41, 5.74) is 1.39. The van der Waals surface area contributed by atoms with Gasteiger partial charge in [-0.15, -0.1) is 0 Å². The summed E-state index contributed by atoms with van der Waals surface area (Å²) in [6.45, 7) is 5.06. The number of nitrogens with one attached hydrogen (secondary N) is 4. The van der Waals surface area contributed by atoms with Crippen molar-refractivity contribution in [2.24, 2.45) is 0 Å². The van der Waals surface area contributed by atoms with Crippen molar-refractivity contribution in [1.29, 1.82) is 0 Å². The number of sulfonamides is 1. The van der Waals surface area contributed by atoms with Crippen LogP contribution in [0, 0.1) is 6.92 Å². The molecular formula is C11H18N6O2S. The smallest absolute Gasteiger partial charge is 0.260 e. The van der Waals surface area contributed by atoms with E-state index in [0.717, 1.165) is 12.2 Å². The van der Waals surface area contributed by atoms with Crippen LogP contribution in [0.3, 0.4) is 0 Å². The molecule has 4 N–H and O–H groups in total. The molecule has 0 aliphatic carbocycles. The van der Waals surface area contributed by atoms with Gasteiger partial charge in [-0.3, -0.25) is 5.10 Å². The fourth-order valence-electron chi connectivity index (χ4n) is 1.74. The monoisotopic (exact) mass is 298 g/mol. The summed E-state index contributed by atoms with van der Waals surface area (Å²) in [5, 5.41) is 9.74. The van der Waals surface area contributed by atoms with Gasteiger partial charge < -0.3 is 10.3 Å². The maximum Gasteiger partial charge on any atom is 0.260 e. The van der Waals surface area contributed by atoms with E-state index in [1.807, 2.05) is 6.92 Å². The minimum Gasteiger partial charge on any atom is -0.347 e. The Kier molecular flexibility index (Phi) is 4.53. The van der Waals surface area contributed by atoms with Crippen LogP contribution in [0.15, 0.2) is 17.4 Å². The molecule has 2 rings (SSSR count). The third kappa shape index (κ3) is 3.24. The molecule has 0 unspecified atom stereocenters. The van der Waals surface area contributed by atoms with Crippen LogP contribution in [0.5, 0.6) is 0 Å². The van der Waals surface area contributed by atoms with Gasteiger partial charge in [-0.05, 0) is 13.5 Å². The van der Waals surface area contributed by atoms with Crippen LogP contribution >= 0.6 is 0 Å². The Morgan fingerprint density at radius 2 is 2.15 bits per heavy atom. The molecule has 0 atom stereocenters. The molecule has 20 heavy (non-hydrogen) atoms. The summed E-state index contributed by atoms with van der Waals surface area (Å²) >= 11 is 0. The van der Waals surface area contributed by atoms with Gasteiger partial charge in [0.25, 0.3) is 10.0 Å². The lowest BCUT2D eigenvalue weighted by molar-refractivity contribution is 0.572. The average Bonchev–Trinajstić information content (AvgIpc) is 3.04. The molecule has 9 heteroatoms. The van der Waals surface area contributed by atoms with Gasteiger partial charge in [0.1, 0.15) is 5.82 Å². The van der Waals surface area contributed by atoms with E-state index in [2.05, 4.69) is 30.2 Å². The number of aryl methyl sites for hydroxylation is 1. The van der Waals surface area contributed by atoms with Crippen molar-refractivity contribution in [2.45, 2.75) is 32.0 Å². The number of imidazole rings is 1. The second kappa shape index (κ2) is 6.16. The van der Waals surface area contributed by atoms with Crippen molar-refractivity contribution in [2.75, 3.05) is 6.54 Å². The lowest BCUT2D eigenvalue weighted by Crippen LogP contribution is -2.26. The first-order valence-corrected chi connectivity index (χ1v) is 7.75. The molecule has 0 aliphatic rings. The minimum absolute atomic E-state index is 0.0301. The van der Waals surface area contributed by atoms with Crippen LogP contribution in [0.25, 0.3) is 0 Å². The summed E-state index contributed by atoms with van der Waals surface area (Å²) in [7, 11) is -3.67. The Morgan fingerprint density at radius 3 is 2.80 bits per heavy atom. The Morgan fingerprint density at radius 1 is 1.35 bits per heavy atom. The van der Waals surface area contributed by atoms with Crippen molar-refractivity contribution in [3.8, 4) is 0 Å². The van der Waals surface area contributed by atoms with E-state index in [0.29, 0.717) is 17.9 Å². The van der Waals surface area contributed by atoms with Crippen LogP contribution in [-0.4, -0.2) is 35.1 Å². The Hall–Kier alpha value is -1.71. The third-order valence-corrected chi connectivity index (χ3v) is 4.20. The fourth-order valence-corrected chi connectivity index (χ4v) is 2.92. The first-order chi connectivity index (χ1) is 9.54. The van der Waals surface area contributed by atoms with Crippen LogP contribution in [0.2, 0.25) is 0 Å². The van der Waals surface area contributed by atoms with Gasteiger partial charge in [0, 0.05) is 30.2 Å². The quantitative estimate of drug-likeness (QED) is 0.575. The highest BCUT2D eigenvalue weighted by atomic mass is 32.2. The zero-order valence-corrected chi connectivity index (χ0v) is 12.2. The topological polar surface area (TPSA) is 116 Å². The van der Waals surface area contributed by atoms with Gasteiger partial charge in [-0.1, -0.05) is 6.92 Å². The number of nitrogens with zero attached hydrogens (tertiary/aromatic N) is 2. The molecule has 110 valence electrons. The number of aromatic nitrogens is 4. The molecule has 0 saturated carbocycles. The molecule has 0 aromatic carbocycles. The maximum atomic E-state index is 12.3. The lowest BCUT2D eigenvalue weighted by atomic mass is 10.2. The van der Waals surface area contributed by atoms with Gasteiger partial charge >= 0.3 is 0 Å². The molecule has 2 aromatic rings. The Balaban J connectivity index is 2.16. The lowest BCUT2D eigenvalue weighted by Gasteiger charge is -2.06. The second-order valence-electron chi connectivity index (χ2n) is 4.27. The Labute approximate surface area is 117 Å². The predicted molar refractivity (Wildman–Crippen MR) is 73.3 cm³/mol. The zero-order valence-electron chi connectivity index (χ0n) is 11.4. The first-order valence-electron chi connectivity index (χ1n) is 6.27. The molecule has 0 fully saturated rings. The van der Waals surface area contributed by atoms with E-state index in [9.17, 15) is 8.42 Å². The van der Waals surface area contributed by atoms with E-state index in [1.54, 1.807) is 19.3 Å². The van der Waals surface area contributed by atoms with Crippen molar-refractivity contribution in [1.82, 2.24) is 30.2 Å². The highest BCUT2D eigenvalue weighted by Gasteiger charge is 2.23. The van der Waals surface area contributed by atoms with E-state index in [1.165, 1.54) is 0 Å². The Bertz CT molecular complexity index is 647. The van der Waals surface area contributed by atoms with E-state index >= 15 is 0 Å². The first kappa shape index (κ1) is 14.7. The van der Waals surface area contributed by atoms with Crippen molar-refractivity contribution >= 4 is 10.0 Å². The third-order valence-electron chi connectivity index (χ3n) is 2.83. The summed E-state index contributed by atoms with van der Waals surface area (Å²) in [5.74, 6) is 0.550. The molecule has 0 spiro atoms. The van der Waals surface area contributed by atoms with Crippen LogP contribution in [-0.2, 0) is 23.1 Å². The average molecular weight is 298 g/mol.